The quantitative estimate of drug-likeness (QED) is 0.445. The first kappa shape index (κ1) is 13.1. The summed E-state index contributed by atoms with van der Waals surface area (Å²) in [6, 6.07) is 0. The monoisotopic (exact) mass is 219 g/mol. The molecule has 1 unspecified atom stereocenters. The summed E-state index contributed by atoms with van der Waals surface area (Å²) in [5.41, 5.74) is 0. The third-order valence-corrected chi connectivity index (χ3v) is 3.43. The van der Waals surface area contributed by atoms with E-state index in [-0.39, 0.29) is 40.1 Å². The molecule has 0 aliphatic carbocycles. The fraction of sp³-hybridized carbons (Fsp3) is 0.714. The largest absolute Gasteiger partial charge is 0.358 e. The van der Waals surface area contributed by atoms with Gasteiger partial charge in [-0.05, 0) is 4.75 Å². The maximum Gasteiger partial charge on any atom is 0 e. The number of rotatable bonds is 0. The molecule has 0 aromatic heterocycles. The Kier molecular flexibility index (Phi) is 4.70. The summed E-state index contributed by atoms with van der Waals surface area (Å²) >= 11 is 1.94. The first-order valence-electron chi connectivity index (χ1n) is 2.51. The molecule has 0 aromatic rings. The molecule has 0 amide bonds. The predicted molar refractivity (Wildman–Crippen MR) is 41.8 cm³/mol. The van der Waals surface area contributed by atoms with Gasteiger partial charge in [-0.25, -0.2) is 0 Å². The molecule has 1 heterocycles. The molecule has 1 fully saturated rings. The molecule has 1 atom stereocenters. The van der Waals surface area contributed by atoms with Gasteiger partial charge in [-0.2, -0.15) is 11.8 Å². The van der Waals surface area contributed by atoms with Crippen LogP contribution in [0.2, 0.25) is 0 Å². The van der Waals surface area contributed by atoms with Crippen LogP contribution in [0.15, 0.2) is 0 Å². The Hall–Kier alpha value is 1.45. The van der Waals surface area contributed by atoms with Gasteiger partial charge in [0.1, 0.15) is 0 Å². The zero-order chi connectivity index (χ0) is 5.71. The van der Waals surface area contributed by atoms with Gasteiger partial charge in [0, 0.05) is 32.7 Å². The van der Waals surface area contributed by atoms with Gasteiger partial charge >= 0.3 is 0 Å². The minimum atomic E-state index is 0. The topological polar surface area (TPSA) is 0 Å². The summed E-state index contributed by atoms with van der Waals surface area (Å²) in [5.74, 6) is 0. The zero-order valence-electron chi connectivity index (χ0n) is 6.69. The molecule has 0 N–H and O–H groups in total. The van der Waals surface area contributed by atoms with Crippen molar-refractivity contribution in [3.63, 3.8) is 0 Å². The Bertz CT molecular complexity index is 85.1. The molecule has 9 heavy (non-hydrogen) atoms. The van der Waals surface area contributed by atoms with Crippen molar-refractivity contribution in [2.45, 2.75) is 30.3 Å². The van der Waals surface area contributed by atoms with E-state index in [0.29, 0.717) is 9.49 Å². The average molecular weight is 219 g/mol. The van der Waals surface area contributed by atoms with Crippen LogP contribution in [0, 0.1) is 14.4 Å². The van der Waals surface area contributed by atoms with Crippen LogP contribution in [0.5, 0.6) is 0 Å². The van der Waals surface area contributed by atoms with Crippen molar-refractivity contribution >= 4 is 11.8 Å². The molecule has 0 nitrogen and oxygen atoms in total. The summed E-state index contributed by atoms with van der Waals surface area (Å²) in [6.07, 6.45) is 0. The summed E-state index contributed by atoms with van der Waals surface area (Å²) < 4.78 is 0.764. The van der Waals surface area contributed by atoms with Gasteiger partial charge in [0.05, 0.1) is 0 Å². The molecular weight excluding hydrogens is 205 g/mol. The van der Waals surface area contributed by atoms with Crippen LogP contribution in [0.4, 0.5) is 0 Å². The zero-order valence-corrected chi connectivity index (χ0v) is 10.3. The third-order valence-electron chi connectivity index (χ3n) is 1.71. The second-order valence-electron chi connectivity index (χ2n) is 2.84. The van der Waals surface area contributed by atoms with E-state index in [1.807, 2.05) is 11.8 Å². The smallest absolute Gasteiger partial charge is 0 e. The Morgan fingerprint density at radius 3 is 1.33 bits per heavy atom. The Labute approximate surface area is 88.4 Å². The molecule has 53 valence electrons. The Morgan fingerprint density at radius 1 is 1.22 bits per heavy atom. The summed E-state index contributed by atoms with van der Waals surface area (Å²) in [7, 11) is 0. The van der Waals surface area contributed by atoms with Crippen LogP contribution in [0.1, 0.15) is 20.8 Å². The van der Waals surface area contributed by atoms with Gasteiger partial charge in [0.2, 0.25) is 0 Å². The molecule has 2 heteroatoms. The van der Waals surface area contributed by atoms with Crippen LogP contribution in [0.25, 0.3) is 0 Å². The van der Waals surface area contributed by atoms with Crippen molar-refractivity contribution in [2.75, 3.05) is 0 Å². The minimum absolute atomic E-state index is 0. The van der Waals surface area contributed by atoms with Gasteiger partial charge in [-0.1, -0.05) is 25.5 Å². The van der Waals surface area contributed by atoms with Gasteiger partial charge in [0.15, 0.2) is 0 Å². The standard InChI is InChI=1S/C6H11S.CH3.Y/c1-5(2)6(3,4)7-5;;/h1H2,2-4H3;1H3;/q2*-1;. The SMILES string of the molecule is [CH2-]C1(C)SC1(C)C.[CH3-].[Y]. The fourth-order valence-electron chi connectivity index (χ4n) is 0.538. The Morgan fingerprint density at radius 2 is 1.33 bits per heavy atom. The number of hydrogen-bond donors (Lipinski definition) is 0. The van der Waals surface area contributed by atoms with Gasteiger partial charge in [-0.15, -0.1) is 0 Å². The van der Waals surface area contributed by atoms with Crippen LogP contribution in [0.3, 0.4) is 0 Å². The third kappa shape index (κ3) is 2.51. The number of thioether (sulfide) groups is 1. The molecule has 1 aliphatic rings. The van der Waals surface area contributed by atoms with E-state index < -0.39 is 0 Å². The molecule has 0 spiro atoms. The fourth-order valence-corrected chi connectivity index (χ4v) is 1.61. The van der Waals surface area contributed by atoms with Crippen LogP contribution in [-0.4, -0.2) is 9.49 Å². The molecule has 1 rings (SSSR count). The summed E-state index contributed by atoms with van der Waals surface area (Å²) in [4.78, 5) is 0. The maximum absolute atomic E-state index is 4.00. The maximum atomic E-state index is 4.00. The van der Waals surface area contributed by atoms with E-state index in [1.54, 1.807) is 0 Å². The Balaban J connectivity index is 0. The van der Waals surface area contributed by atoms with Crippen LogP contribution >= 0.6 is 11.8 Å². The van der Waals surface area contributed by atoms with Crippen LogP contribution in [-0.2, 0) is 32.7 Å². The van der Waals surface area contributed by atoms with Crippen molar-refractivity contribution in [3.8, 4) is 0 Å². The molecular formula is C7H14SY-2. The number of hydrogen-bond acceptors (Lipinski definition) is 1. The van der Waals surface area contributed by atoms with Crippen molar-refractivity contribution in [1.82, 2.24) is 0 Å². The van der Waals surface area contributed by atoms with E-state index in [9.17, 15) is 0 Å². The molecule has 1 saturated heterocycles. The van der Waals surface area contributed by atoms with Crippen molar-refractivity contribution < 1.29 is 32.7 Å². The summed E-state index contributed by atoms with van der Waals surface area (Å²) in [5, 5.41) is 0. The molecule has 0 aromatic carbocycles. The molecule has 1 aliphatic heterocycles. The second-order valence-corrected chi connectivity index (χ2v) is 4.97. The van der Waals surface area contributed by atoms with Gasteiger partial charge in [-0.3, -0.25) is 0 Å². The van der Waals surface area contributed by atoms with Gasteiger partial charge < -0.3 is 14.4 Å². The average Bonchev–Trinajstić information content (AvgIpc) is 1.63. The van der Waals surface area contributed by atoms with Crippen molar-refractivity contribution in [3.05, 3.63) is 14.4 Å². The van der Waals surface area contributed by atoms with E-state index in [1.165, 1.54) is 0 Å². The summed E-state index contributed by atoms with van der Waals surface area (Å²) in [6.45, 7) is 10.6. The van der Waals surface area contributed by atoms with E-state index in [0.717, 1.165) is 0 Å². The van der Waals surface area contributed by atoms with Crippen LogP contribution < -0.4 is 0 Å². The second kappa shape index (κ2) is 3.23. The normalized spacial score (nSPS) is 36.0. The van der Waals surface area contributed by atoms with E-state index in [2.05, 4.69) is 27.7 Å². The predicted octanol–water partition coefficient (Wildman–Crippen LogP) is 2.55. The molecule has 1 radical (unpaired) electrons. The van der Waals surface area contributed by atoms with E-state index >= 15 is 0 Å². The van der Waals surface area contributed by atoms with E-state index in [4.69, 9.17) is 0 Å². The molecule has 0 saturated carbocycles. The first-order valence-corrected chi connectivity index (χ1v) is 3.33. The van der Waals surface area contributed by atoms with Gasteiger partial charge in [0.25, 0.3) is 0 Å². The minimum Gasteiger partial charge on any atom is -0.358 e. The van der Waals surface area contributed by atoms with Crippen molar-refractivity contribution in [1.29, 1.82) is 0 Å². The molecule has 0 bridgehead atoms. The van der Waals surface area contributed by atoms with Crippen molar-refractivity contribution in [2.24, 2.45) is 0 Å². The first-order chi connectivity index (χ1) is 2.96.